The summed E-state index contributed by atoms with van der Waals surface area (Å²) in [5.41, 5.74) is -0.279. The summed E-state index contributed by atoms with van der Waals surface area (Å²) in [6, 6.07) is 0. The summed E-state index contributed by atoms with van der Waals surface area (Å²) in [5, 5.41) is 2.14. The summed E-state index contributed by atoms with van der Waals surface area (Å²) in [6.07, 6.45) is 0.931. The molecule has 2 amide bonds. The molecular weight excluding hydrogens is 259 g/mol. The molecule has 90 valence electrons. The second-order valence-corrected chi connectivity index (χ2v) is 3.18. The molecule has 0 aromatic heterocycles. The van der Waals surface area contributed by atoms with E-state index in [9.17, 15) is 14.4 Å². The average Bonchev–Trinajstić information content (AvgIpc) is 2.26. The number of carbonyl (C=O) groups excluding carboxylic acids is 3. The minimum Gasteiger partial charge on any atom is -0.464 e. The second kappa shape index (κ2) is 7.08. The van der Waals surface area contributed by atoms with Gasteiger partial charge in [0.15, 0.2) is 0 Å². The molecular formula is C8H10Cl2N2O4. The molecule has 1 N–H and O–H groups in total. The van der Waals surface area contributed by atoms with Crippen LogP contribution in [0, 0.1) is 0 Å². The minimum atomic E-state index is -0.842. The van der Waals surface area contributed by atoms with E-state index in [4.69, 9.17) is 23.4 Å². The monoisotopic (exact) mass is 268 g/mol. The molecule has 0 heterocycles. The van der Waals surface area contributed by atoms with Crippen LogP contribution in [0.3, 0.4) is 0 Å². The van der Waals surface area contributed by atoms with E-state index in [0.717, 1.165) is 13.3 Å². The number of hydrogen-bond acceptors (Lipinski definition) is 4. The van der Waals surface area contributed by atoms with Gasteiger partial charge in [0.1, 0.15) is 11.6 Å². The Balaban J connectivity index is 4.86. The maximum Gasteiger partial charge on any atom is 0.356 e. The van der Waals surface area contributed by atoms with Gasteiger partial charge in [0.05, 0.1) is 13.3 Å². The summed E-state index contributed by atoms with van der Waals surface area (Å²) in [7, 11) is 1.12. The van der Waals surface area contributed by atoms with Crippen LogP contribution >= 0.6 is 23.4 Å². The molecule has 8 heteroatoms. The van der Waals surface area contributed by atoms with E-state index < -0.39 is 17.8 Å². The standard InChI is InChI=1S/C8H10Cl2N2O4/c1-5(13)12(10)4-6(8(15)16-2)11-7(14)3-9/h4H,3H2,1-2H3,(H,11,14). The number of methoxy groups -OCH3 is 1. The van der Waals surface area contributed by atoms with Crippen molar-refractivity contribution in [1.29, 1.82) is 0 Å². The smallest absolute Gasteiger partial charge is 0.356 e. The van der Waals surface area contributed by atoms with E-state index in [2.05, 4.69) is 10.1 Å². The predicted molar refractivity (Wildman–Crippen MR) is 57.3 cm³/mol. The van der Waals surface area contributed by atoms with Crippen molar-refractivity contribution in [3.05, 3.63) is 11.9 Å². The van der Waals surface area contributed by atoms with E-state index in [0.29, 0.717) is 4.42 Å². The van der Waals surface area contributed by atoms with Crippen molar-refractivity contribution in [2.24, 2.45) is 0 Å². The first kappa shape index (κ1) is 14.7. The molecule has 0 atom stereocenters. The third-order valence-corrected chi connectivity index (χ3v) is 1.92. The van der Waals surface area contributed by atoms with Gasteiger partial charge >= 0.3 is 5.97 Å². The second-order valence-electron chi connectivity index (χ2n) is 2.55. The summed E-state index contributed by atoms with van der Waals surface area (Å²) in [6.45, 7) is 1.18. The number of rotatable bonds is 4. The maximum absolute atomic E-state index is 11.2. The molecule has 0 aromatic rings. The zero-order chi connectivity index (χ0) is 12.7. The fourth-order valence-electron chi connectivity index (χ4n) is 0.634. The van der Waals surface area contributed by atoms with Crippen LogP contribution in [0.5, 0.6) is 0 Å². The number of esters is 1. The fourth-order valence-corrected chi connectivity index (χ4v) is 0.798. The molecule has 0 rings (SSSR count). The van der Waals surface area contributed by atoms with Crippen molar-refractivity contribution >= 4 is 41.2 Å². The van der Waals surface area contributed by atoms with Gasteiger partial charge in [-0.25, -0.2) is 9.21 Å². The van der Waals surface area contributed by atoms with Crippen molar-refractivity contribution < 1.29 is 19.1 Å². The Bertz CT molecular complexity index is 330. The first-order chi connectivity index (χ1) is 7.42. The minimum absolute atomic E-state index is 0.279. The molecule has 0 bridgehead atoms. The van der Waals surface area contributed by atoms with Gasteiger partial charge in [-0.15, -0.1) is 11.6 Å². The first-order valence-corrected chi connectivity index (χ1v) is 4.91. The van der Waals surface area contributed by atoms with Crippen LogP contribution < -0.4 is 5.32 Å². The van der Waals surface area contributed by atoms with Crippen molar-refractivity contribution in [2.75, 3.05) is 13.0 Å². The van der Waals surface area contributed by atoms with Crippen LogP contribution in [0.1, 0.15) is 6.92 Å². The van der Waals surface area contributed by atoms with Crippen LogP contribution in [0.2, 0.25) is 0 Å². The number of amides is 2. The van der Waals surface area contributed by atoms with Gasteiger partial charge in [-0.2, -0.15) is 0 Å². The Kier molecular flexibility index (Phi) is 6.52. The van der Waals surface area contributed by atoms with Crippen molar-refractivity contribution in [3.63, 3.8) is 0 Å². The van der Waals surface area contributed by atoms with Gasteiger partial charge in [-0.05, 0) is 0 Å². The Morgan fingerprint density at radius 3 is 2.38 bits per heavy atom. The molecule has 0 saturated carbocycles. The topological polar surface area (TPSA) is 75.7 Å². The number of nitrogens with one attached hydrogen (secondary N) is 1. The summed E-state index contributed by atoms with van der Waals surface area (Å²) in [4.78, 5) is 32.9. The number of alkyl halides is 1. The SMILES string of the molecule is COC(=O)C(=CN(Cl)C(C)=O)NC(=O)CCl. The van der Waals surface area contributed by atoms with Crippen molar-refractivity contribution in [2.45, 2.75) is 6.92 Å². The van der Waals surface area contributed by atoms with Crippen LogP contribution in [-0.4, -0.2) is 35.2 Å². The van der Waals surface area contributed by atoms with Gasteiger partial charge in [-0.1, -0.05) is 0 Å². The zero-order valence-corrected chi connectivity index (χ0v) is 10.1. The van der Waals surface area contributed by atoms with Crippen molar-refractivity contribution in [3.8, 4) is 0 Å². The summed E-state index contributed by atoms with van der Waals surface area (Å²) < 4.78 is 4.99. The lowest BCUT2D eigenvalue weighted by molar-refractivity contribution is -0.137. The number of carbonyl (C=O) groups is 3. The Morgan fingerprint density at radius 1 is 1.44 bits per heavy atom. The van der Waals surface area contributed by atoms with Crippen LogP contribution in [0.4, 0.5) is 0 Å². The molecule has 0 saturated heterocycles. The first-order valence-electron chi connectivity index (χ1n) is 4.04. The lowest BCUT2D eigenvalue weighted by atomic mass is 10.4. The average molecular weight is 269 g/mol. The van der Waals surface area contributed by atoms with Gasteiger partial charge in [0.2, 0.25) is 11.8 Å². The number of ether oxygens (including phenoxy) is 1. The largest absolute Gasteiger partial charge is 0.464 e. The Labute approximate surface area is 102 Å². The van der Waals surface area contributed by atoms with Gasteiger partial charge in [-0.3, -0.25) is 9.59 Å². The van der Waals surface area contributed by atoms with Crippen molar-refractivity contribution in [1.82, 2.24) is 9.74 Å². The fraction of sp³-hybridized carbons (Fsp3) is 0.375. The zero-order valence-electron chi connectivity index (χ0n) is 8.62. The predicted octanol–water partition coefficient (Wildman–Crippen LogP) is 0.358. The maximum atomic E-state index is 11.2. The van der Waals surface area contributed by atoms with Gasteiger partial charge in [0, 0.05) is 18.7 Å². The van der Waals surface area contributed by atoms with Gasteiger partial charge in [0.25, 0.3) is 0 Å². The van der Waals surface area contributed by atoms with Crippen LogP contribution in [0.15, 0.2) is 11.9 Å². The highest BCUT2D eigenvalue weighted by molar-refractivity contribution is 6.27. The van der Waals surface area contributed by atoms with Crippen LogP contribution in [0.25, 0.3) is 0 Å². The molecule has 16 heavy (non-hydrogen) atoms. The highest BCUT2D eigenvalue weighted by atomic mass is 35.5. The van der Waals surface area contributed by atoms with E-state index in [-0.39, 0.29) is 11.6 Å². The van der Waals surface area contributed by atoms with Gasteiger partial charge < -0.3 is 10.1 Å². The third kappa shape index (κ3) is 4.99. The molecule has 6 nitrogen and oxygen atoms in total. The van der Waals surface area contributed by atoms with Crippen LogP contribution in [-0.2, 0) is 19.1 Å². The highest BCUT2D eigenvalue weighted by Crippen LogP contribution is 2.02. The molecule has 0 aliphatic carbocycles. The summed E-state index contributed by atoms with van der Waals surface area (Å²) in [5.74, 6) is -2.32. The molecule has 0 spiro atoms. The quantitative estimate of drug-likeness (QED) is 0.346. The summed E-state index contributed by atoms with van der Waals surface area (Å²) >= 11 is 10.7. The lowest BCUT2D eigenvalue weighted by Gasteiger charge is -2.10. The molecule has 0 fully saturated rings. The third-order valence-electron chi connectivity index (χ3n) is 1.34. The lowest BCUT2D eigenvalue weighted by Crippen LogP contribution is -2.30. The molecule has 0 aromatic carbocycles. The number of hydrogen-bond donors (Lipinski definition) is 1. The van der Waals surface area contributed by atoms with E-state index in [1.807, 2.05) is 0 Å². The Hall–Kier alpha value is -1.27. The molecule has 0 aliphatic rings. The molecule has 0 radical (unpaired) electrons. The Morgan fingerprint density at radius 2 is 2.00 bits per heavy atom. The normalized spacial score (nSPS) is 10.6. The number of nitrogens with zero attached hydrogens (tertiary/aromatic N) is 1. The number of halogens is 2. The van der Waals surface area contributed by atoms with E-state index in [1.165, 1.54) is 6.92 Å². The molecule has 0 aliphatic heterocycles. The molecule has 0 unspecified atom stereocenters. The highest BCUT2D eigenvalue weighted by Gasteiger charge is 2.15. The van der Waals surface area contributed by atoms with E-state index >= 15 is 0 Å². The van der Waals surface area contributed by atoms with E-state index in [1.54, 1.807) is 0 Å².